The van der Waals surface area contributed by atoms with Crippen molar-refractivity contribution in [2.45, 2.75) is 63.7 Å². The molecule has 6 nitrogen and oxygen atoms in total. The van der Waals surface area contributed by atoms with Gasteiger partial charge in [-0.1, -0.05) is 32.1 Å². The van der Waals surface area contributed by atoms with Gasteiger partial charge in [0.05, 0.1) is 6.26 Å². The summed E-state index contributed by atoms with van der Waals surface area (Å²) >= 11 is 0. The zero-order valence-electron chi connectivity index (χ0n) is 15.2. The molecule has 0 bridgehead atoms. The second-order valence-corrected chi connectivity index (χ2v) is 7.62. The number of hydrogen-bond acceptors (Lipinski definition) is 5. The number of furan rings is 1. The number of nitrogens with zero attached hydrogens (tertiary/aromatic N) is 3. The summed E-state index contributed by atoms with van der Waals surface area (Å²) in [5.41, 5.74) is 0. The number of piperidine rings is 1. The number of likely N-dealkylation sites (tertiary alicyclic amines) is 1. The van der Waals surface area contributed by atoms with E-state index in [1.165, 1.54) is 32.1 Å². The van der Waals surface area contributed by atoms with Gasteiger partial charge < -0.3 is 13.7 Å². The third kappa shape index (κ3) is 4.00. The molecule has 0 N–H and O–H groups in total. The molecule has 6 heteroatoms. The van der Waals surface area contributed by atoms with E-state index in [4.69, 9.17) is 8.83 Å². The summed E-state index contributed by atoms with van der Waals surface area (Å²) in [6.07, 6.45) is 11.8. The van der Waals surface area contributed by atoms with Gasteiger partial charge in [-0.2, -0.15) is 0 Å². The molecule has 2 fully saturated rings. The maximum absolute atomic E-state index is 12.5. The van der Waals surface area contributed by atoms with Gasteiger partial charge in [0.25, 0.3) is 5.89 Å². The number of hydrogen-bond donors (Lipinski definition) is 0. The molecule has 2 aliphatic rings. The van der Waals surface area contributed by atoms with Gasteiger partial charge in [-0.15, -0.1) is 10.2 Å². The Morgan fingerprint density at radius 2 is 1.92 bits per heavy atom. The number of carbonyl (C=O) groups is 1. The van der Waals surface area contributed by atoms with Gasteiger partial charge in [0.1, 0.15) is 0 Å². The van der Waals surface area contributed by atoms with Crippen LogP contribution >= 0.6 is 0 Å². The molecule has 0 spiro atoms. The number of rotatable bonds is 5. The first-order valence-electron chi connectivity index (χ1n) is 9.94. The molecule has 0 radical (unpaired) electrons. The van der Waals surface area contributed by atoms with Crippen LogP contribution in [0, 0.1) is 5.92 Å². The first kappa shape index (κ1) is 17.3. The summed E-state index contributed by atoms with van der Waals surface area (Å²) in [6.45, 7) is 1.57. The fraction of sp³-hybridized carbons (Fsp3) is 0.650. The van der Waals surface area contributed by atoms with Gasteiger partial charge in [-0.25, -0.2) is 0 Å². The lowest BCUT2D eigenvalue weighted by molar-refractivity contribution is -0.132. The number of aromatic nitrogens is 2. The Morgan fingerprint density at radius 3 is 2.65 bits per heavy atom. The number of carbonyl (C=O) groups excluding carboxylic acids is 1. The van der Waals surface area contributed by atoms with Gasteiger partial charge >= 0.3 is 0 Å². The van der Waals surface area contributed by atoms with Gasteiger partial charge in [-0.3, -0.25) is 4.79 Å². The molecular formula is C20H27N3O3. The molecule has 0 atom stereocenters. The molecule has 1 saturated heterocycles. The Balaban J connectivity index is 1.25. The zero-order valence-corrected chi connectivity index (χ0v) is 15.2. The van der Waals surface area contributed by atoms with Crippen molar-refractivity contribution < 1.29 is 13.6 Å². The van der Waals surface area contributed by atoms with Crippen molar-refractivity contribution in [3.05, 3.63) is 24.3 Å². The van der Waals surface area contributed by atoms with Crippen LogP contribution in [-0.2, 0) is 4.79 Å². The minimum Gasteiger partial charge on any atom is -0.459 e. The van der Waals surface area contributed by atoms with Crippen LogP contribution in [0.3, 0.4) is 0 Å². The molecule has 26 heavy (non-hydrogen) atoms. The quantitative estimate of drug-likeness (QED) is 0.793. The fourth-order valence-electron chi connectivity index (χ4n) is 4.24. The average Bonchev–Trinajstić information content (AvgIpc) is 3.38. The first-order chi connectivity index (χ1) is 12.8. The Morgan fingerprint density at radius 1 is 1.12 bits per heavy atom. The van der Waals surface area contributed by atoms with Crippen LogP contribution in [0.1, 0.15) is 69.6 Å². The summed E-state index contributed by atoms with van der Waals surface area (Å²) in [6, 6.07) is 3.61. The molecule has 3 heterocycles. The molecule has 2 aromatic heterocycles. The average molecular weight is 357 g/mol. The summed E-state index contributed by atoms with van der Waals surface area (Å²) in [4.78, 5) is 14.5. The maximum Gasteiger partial charge on any atom is 0.283 e. The van der Waals surface area contributed by atoms with Crippen molar-refractivity contribution in [1.29, 1.82) is 0 Å². The summed E-state index contributed by atoms with van der Waals surface area (Å²) in [5, 5.41) is 8.26. The highest BCUT2D eigenvalue weighted by Crippen LogP contribution is 2.31. The SMILES string of the molecule is O=C(CCC1CCCCC1)N1CCC(c2nnc(-c3ccco3)o2)CC1. The monoisotopic (exact) mass is 357 g/mol. The second-order valence-electron chi connectivity index (χ2n) is 7.62. The Bertz CT molecular complexity index is 696. The Hall–Kier alpha value is -2.11. The summed E-state index contributed by atoms with van der Waals surface area (Å²) < 4.78 is 11.1. The van der Waals surface area contributed by atoms with E-state index in [1.54, 1.807) is 12.3 Å². The predicted octanol–water partition coefficient (Wildman–Crippen LogP) is 4.40. The lowest BCUT2D eigenvalue weighted by atomic mass is 9.86. The minimum absolute atomic E-state index is 0.230. The predicted molar refractivity (Wildman–Crippen MR) is 96.4 cm³/mol. The molecule has 140 valence electrons. The van der Waals surface area contributed by atoms with Crippen LogP contribution in [0.25, 0.3) is 11.7 Å². The maximum atomic E-state index is 12.5. The van der Waals surface area contributed by atoms with Crippen LogP contribution in [0.5, 0.6) is 0 Å². The van der Waals surface area contributed by atoms with E-state index in [0.717, 1.165) is 38.3 Å². The highest BCUT2D eigenvalue weighted by atomic mass is 16.4. The van der Waals surface area contributed by atoms with Crippen LogP contribution in [0.4, 0.5) is 0 Å². The third-order valence-corrected chi connectivity index (χ3v) is 5.86. The van der Waals surface area contributed by atoms with E-state index in [9.17, 15) is 4.79 Å². The normalized spacial score (nSPS) is 19.8. The molecule has 2 aromatic rings. The van der Waals surface area contributed by atoms with Gasteiger partial charge in [0.2, 0.25) is 11.8 Å². The van der Waals surface area contributed by atoms with E-state index in [2.05, 4.69) is 10.2 Å². The lowest BCUT2D eigenvalue weighted by Crippen LogP contribution is -2.38. The summed E-state index contributed by atoms with van der Waals surface area (Å²) in [5.74, 6) is 2.99. The van der Waals surface area contributed by atoms with Gasteiger partial charge in [0.15, 0.2) is 5.76 Å². The number of amides is 1. The summed E-state index contributed by atoms with van der Waals surface area (Å²) in [7, 11) is 0. The molecule has 1 amide bonds. The molecule has 0 aromatic carbocycles. The van der Waals surface area contributed by atoms with E-state index in [0.29, 0.717) is 29.9 Å². The Labute approximate surface area is 154 Å². The van der Waals surface area contributed by atoms with Crippen molar-refractivity contribution in [1.82, 2.24) is 15.1 Å². The van der Waals surface area contributed by atoms with Crippen LogP contribution in [0.2, 0.25) is 0 Å². The van der Waals surface area contributed by atoms with E-state index >= 15 is 0 Å². The molecule has 1 aliphatic carbocycles. The Kier molecular flexibility index (Phi) is 5.37. The van der Waals surface area contributed by atoms with Crippen LogP contribution < -0.4 is 0 Å². The van der Waals surface area contributed by atoms with E-state index < -0.39 is 0 Å². The standard InChI is InChI=1S/C20H27N3O3/c24-18(9-8-15-5-2-1-3-6-15)23-12-10-16(11-13-23)19-21-22-20(26-19)17-7-4-14-25-17/h4,7,14-16H,1-3,5-6,8-13H2. The largest absolute Gasteiger partial charge is 0.459 e. The molecule has 1 saturated carbocycles. The highest BCUT2D eigenvalue weighted by molar-refractivity contribution is 5.76. The molecular weight excluding hydrogens is 330 g/mol. The molecule has 0 unspecified atom stereocenters. The molecule has 1 aliphatic heterocycles. The zero-order chi connectivity index (χ0) is 17.8. The van der Waals surface area contributed by atoms with Crippen molar-refractivity contribution in [2.75, 3.05) is 13.1 Å². The van der Waals surface area contributed by atoms with Crippen molar-refractivity contribution in [3.63, 3.8) is 0 Å². The topological polar surface area (TPSA) is 72.4 Å². The van der Waals surface area contributed by atoms with Gasteiger partial charge in [0, 0.05) is 25.4 Å². The van der Waals surface area contributed by atoms with Crippen molar-refractivity contribution in [3.8, 4) is 11.7 Å². The van der Waals surface area contributed by atoms with Crippen molar-refractivity contribution in [2.24, 2.45) is 5.92 Å². The van der Waals surface area contributed by atoms with Gasteiger partial charge in [-0.05, 0) is 37.3 Å². The van der Waals surface area contributed by atoms with E-state index in [-0.39, 0.29) is 5.92 Å². The van der Waals surface area contributed by atoms with Crippen molar-refractivity contribution >= 4 is 5.91 Å². The lowest BCUT2D eigenvalue weighted by Gasteiger charge is -2.31. The third-order valence-electron chi connectivity index (χ3n) is 5.86. The minimum atomic E-state index is 0.230. The van der Waals surface area contributed by atoms with Crippen LogP contribution in [-0.4, -0.2) is 34.1 Å². The first-order valence-corrected chi connectivity index (χ1v) is 9.94. The van der Waals surface area contributed by atoms with E-state index in [1.807, 2.05) is 11.0 Å². The van der Waals surface area contributed by atoms with Crippen LogP contribution in [0.15, 0.2) is 27.2 Å². The fourth-order valence-corrected chi connectivity index (χ4v) is 4.24. The molecule has 4 rings (SSSR count). The highest BCUT2D eigenvalue weighted by Gasteiger charge is 2.28. The second kappa shape index (κ2) is 8.06. The smallest absolute Gasteiger partial charge is 0.283 e.